The Kier molecular flexibility index (Phi) is 8.08. The van der Waals surface area contributed by atoms with Crippen molar-refractivity contribution in [1.29, 1.82) is 0 Å². The molecule has 0 unspecified atom stereocenters. The number of carbonyl (C=O) groups is 1. The number of nitrogens with one attached hydrogen (secondary N) is 2. The second kappa shape index (κ2) is 12.4. The molecule has 7 rings (SSSR count). The first-order chi connectivity index (χ1) is 22.7. The van der Waals surface area contributed by atoms with Crippen LogP contribution in [0.15, 0.2) is 61.1 Å². The van der Waals surface area contributed by atoms with E-state index in [-0.39, 0.29) is 30.2 Å². The van der Waals surface area contributed by atoms with E-state index in [2.05, 4.69) is 63.7 Å². The van der Waals surface area contributed by atoms with Gasteiger partial charge in [0.1, 0.15) is 23.4 Å². The molecular weight excluding hydrogens is 596 g/mol. The zero-order valence-corrected chi connectivity index (χ0v) is 27.3. The first kappa shape index (κ1) is 30.7. The van der Waals surface area contributed by atoms with E-state index in [4.69, 9.17) is 9.84 Å². The van der Waals surface area contributed by atoms with Crippen molar-refractivity contribution in [2.24, 2.45) is 13.0 Å². The zero-order valence-electron chi connectivity index (χ0n) is 27.3. The maximum absolute atomic E-state index is 13.5. The number of hydrogen-bond donors (Lipinski definition) is 3. The molecule has 13 heteroatoms. The number of rotatable bonds is 7. The molecule has 13 nitrogen and oxygen atoms in total. The normalized spacial score (nSPS) is 18.7. The van der Waals surface area contributed by atoms with Gasteiger partial charge in [-0.15, -0.1) is 10.2 Å². The van der Waals surface area contributed by atoms with Crippen LogP contribution in [-0.4, -0.2) is 65.0 Å². The lowest BCUT2D eigenvalue weighted by molar-refractivity contribution is 0.171. The molecule has 5 heterocycles. The number of amides is 2. The lowest BCUT2D eigenvalue weighted by atomic mass is 9.85. The fraction of sp³-hybridized carbons (Fsp3) is 0.441. The van der Waals surface area contributed by atoms with E-state index in [0.29, 0.717) is 18.2 Å². The third-order valence-corrected chi connectivity index (χ3v) is 9.19. The van der Waals surface area contributed by atoms with Crippen molar-refractivity contribution in [2.45, 2.75) is 64.0 Å². The Hall–Kier alpha value is -4.91. The molecule has 2 atom stereocenters. The maximum Gasteiger partial charge on any atom is 0.320 e. The Morgan fingerprint density at radius 3 is 2.53 bits per heavy atom. The van der Waals surface area contributed by atoms with E-state index in [1.165, 1.54) is 0 Å². The highest BCUT2D eigenvalue weighted by molar-refractivity contribution is 5.89. The predicted octanol–water partition coefficient (Wildman–Crippen LogP) is 4.93. The number of aliphatic hydroxyl groups is 1. The molecule has 3 N–H and O–H groups in total. The van der Waals surface area contributed by atoms with Crippen LogP contribution in [0.2, 0.25) is 0 Å². The number of aliphatic hydroxyl groups excluding tert-OH is 1. The van der Waals surface area contributed by atoms with Crippen molar-refractivity contribution in [3.63, 3.8) is 0 Å². The number of anilines is 2. The van der Waals surface area contributed by atoms with Gasteiger partial charge < -0.3 is 20.1 Å². The average molecular weight is 639 g/mol. The summed E-state index contributed by atoms with van der Waals surface area (Å²) in [6, 6.07) is 13.4. The van der Waals surface area contributed by atoms with E-state index in [1.807, 2.05) is 54.2 Å². The number of piperidine rings is 1. The number of benzene rings is 1. The van der Waals surface area contributed by atoms with Crippen LogP contribution in [0.25, 0.3) is 11.3 Å². The minimum absolute atomic E-state index is 0.175. The van der Waals surface area contributed by atoms with Crippen molar-refractivity contribution in [3.05, 3.63) is 77.9 Å². The van der Waals surface area contributed by atoms with Crippen LogP contribution in [0.4, 0.5) is 16.6 Å². The Balaban J connectivity index is 1.07. The zero-order chi connectivity index (χ0) is 32.7. The Bertz CT molecular complexity index is 1880. The van der Waals surface area contributed by atoms with Gasteiger partial charge in [-0.25, -0.2) is 9.48 Å². The molecule has 4 aromatic heterocycles. The van der Waals surface area contributed by atoms with Crippen molar-refractivity contribution >= 4 is 23.4 Å². The SMILES string of the molecule is Cn1cc(-n2nc(C(C)(C)C)cc2NC(=O)N[C@H]2CC[C@@H](Oc3ccc4nnc(N5CCC(CO)CC5)n4c3)c3ccccc32)cn1. The molecule has 2 aliphatic rings. The van der Waals surface area contributed by atoms with Gasteiger partial charge in [0.05, 0.1) is 30.3 Å². The molecule has 5 aromatic rings. The highest BCUT2D eigenvalue weighted by atomic mass is 16.5. The highest BCUT2D eigenvalue weighted by Gasteiger charge is 2.30. The van der Waals surface area contributed by atoms with Gasteiger partial charge in [-0.3, -0.25) is 14.4 Å². The van der Waals surface area contributed by atoms with Crippen LogP contribution in [0.1, 0.15) is 75.4 Å². The van der Waals surface area contributed by atoms with Gasteiger partial charge in [-0.2, -0.15) is 10.2 Å². The average Bonchev–Trinajstić information content (AvgIpc) is 3.80. The van der Waals surface area contributed by atoms with Gasteiger partial charge in [-0.1, -0.05) is 45.0 Å². The van der Waals surface area contributed by atoms with Crippen molar-refractivity contribution in [1.82, 2.24) is 39.5 Å². The van der Waals surface area contributed by atoms with Gasteiger partial charge in [0, 0.05) is 38.2 Å². The molecule has 1 aromatic carbocycles. The first-order valence-corrected chi connectivity index (χ1v) is 16.3. The van der Waals surface area contributed by atoms with Crippen LogP contribution < -0.4 is 20.3 Å². The van der Waals surface area contributed by atoms with E-state index in [1.54, 1.807) is 15.6 Å². The molecule has 47 heavy (non-hydrogen) atoms. The predicted molar refractivity (Wildman–Crippen MR) is 178 cm³/mol. The van der Waals surface area contributed by atoms with E-state index in [0.717, 1.165) is 72.2 Å². The minimum Gasteiger partial charge on any atom is -0.484 e. The summed E-state index contributed by atoms with van der Waals surface area (Å²) in [4.78, 5) is 15.7. The van der Waals surface area contributed by atoms with Gasteiger partial charge in [0.2, 0.25) is 5.95 Å². The fourth-order valence-electron chi connectivity index (χ4n) is 6.51. The second-order valence-corrected chi connectivity index (χ2v) is 13.6. The van der Waals surface area contributed by atoms with Gasteiger partial charge >= 0.3 is 6.03 Å². The number of carbonyl (C=O) groups excluding carboxylic acids is 1. The third-order valence-electron chi connectivity index (χ3n) is 9.19. The van der Waals surface area contributed by atoms with Gasteiger partial charge in [-0.05, 0) is 54.9 Å². The van der Waals surface area contributed by atoms with Crippen LogP contribution in [-0.2, 0) is 12.5 Å². The van der Waals surface area contributed by atoms with E-state index >= 15 is 0 Å². The molecule has 0 bridgehead atoms. The molecule has 2 amide bonds. The van der Waals surface area contributed by atoms with Crippen LogP contribution in [0.5, 0.6) is 5.75 Å². The number of nitrogens with zero attached hydrogens (tertiary/aromatic N) is 8. The third kappa shape index (κ3) is 6.27. The largest absolute Gasteiger partial charge is 0.484 e. The van der Waals surface area contributed by atoms with Crippen LogP contribution in [0, 0.1) is 5.92 Å². The number of hydrogen-bond acceptors (Lipinski definition) is 8. The number of ether oxygens (including phenoxy) is 1. The quantitative estimate of drug-likeness (QED) is 0.228. The van der Waals surface area contributed by atoms with E-state index in [9.17, 15) is 9.90 Å². The summed E-state index contributed by atoms with van der Waals surface area (Å²) < 4.78 is 12.0. The molecule has 1 saturated heterocycles. The van der Waals surface area contributed by atoms with Crippen LogP contribution in [0.3, 0.4) is 0 Å². The maximum atomic E-state index is 13.5. The summed E-state index contributed by atoms with van der Waals surface area (Å²) in [7, 11) is 1.85. The molecular formula is C34H42N10O3. The van der Waals surface area contributed by atoms with Crippen molar-refractivity contribution in [2.75, 3.05) is 29.9 Å². The molecule has 1 aliphatic carbocycles. The Labute approximate surface area is 273 Å². The monoisotopic (exact) mass is 638 g/mol. The lowest BCUT2D eigenvalue weighted by Gasteiger charge is -2.32. The first-order valence-electron chi connectivity index (χ1n) is 16.3. The summed E-state index contributed by atoms with van der Waals surface area (Å²) in [5, 5.41) is 33.7. The Morgan fingerprint density at radius 1 is 1.02 bits per heavy atom. The lowest BCUT2D eigenvalue weighted by Crippen LogP contribution is -2.36. The molecule has 0 saturated carbocycles. The van der Waals surface area contributed by atoms with E-state index < -0.39 is 0 Å². The van der Waals surface area contributed by atoms with Gasteiger partial charge in [0.15, 0.2) is 5.65 Å². The fourth-order valence-corrected chi connectivity index (χ4v) is 6.51. The molecule has 0 radical (unpaired) electrons. The van der Waals surface area contributed by atoms with Crippen molar-refractivity contribution < 1.29 is 14.6 Å². The molecule has 0 spiro atoms. The number of pyridine rings is 1. The van der Waals surface area contributed by atoms with Crippen molar-refractivity contribution in [3.8, 4) is 11.4 Å². The molecule has 1 fully saturated rings. The minimum atomic E-state index is -0.303. The smallest absolute Gasteiger partial charge is 0.320 e. The molecule has 1 aliphatic heterocycles. The second-order valence-electron chi connectivity index (χ2n) is 13.6. The summed E-state index contributed by atoms with van der Waals surface area (Å²) >= 11 is 0. The van der Waals surface area contributed by atoms with Crippen LogP contribution >= 0.6 is 0 Å². The Morgan fingerprint density at radius 2 is 1.81 bits per heavy atom. The van der Waals surface area contributed by atoms with Gasteiger partial charge in [0.25, 0.3) is 0 Å². The highest BCUT2D eigenvalue weighted by Crippen LogP contribution is 2.39. The molecule has 246 valence electrons. The topological polar surface area (TPSA) is 140 Å². The summed E-state index contributed by atoms with van der Waals surface area (Å²) in [5.74, 6) is 2.44. The number of urea groups is 1. The summed E-state index contributed by atoms with van der Waals surface area (Å²) in [6.45, 7) is 8.17. The summed E-state index contributed by atoms with van der Waals surface area (Å²) in [6.07, 6.45) is 8.67. The summed E-state index contributed by atoms with van der Waals surface area (Å²) in [5.41, 5.74) is 4.28. The number of aryl methyl sites for hydroxylation is 1. The number of aromatic nitrogens is 7. The standard InChI is InChI=1S/C34H42N10O3/c1-34(2,3)29-17-31(44(40-29)23-18-35-41(4)19-23)37-32(46)36-27-10-11-28(26-8-6-5-7-25(26)27)47-24-9-12-30-38-39-33(43(30)20-24)42-15-13-22(21-45)14-16-42/h5-9,12,17-20,22,27-28,45H,10-11,13-16,21H2,1-4H3,(H2,36,37,46)/t27-,28+/m0/s1. The number of fused-ring (bicyclic) bond motifs is 2.